The third-order valence-corrected chi connectivity index (χ3v) is 2.36. The summed E-state index contributed by atoms with van der Waals surface area (Å²) < 4.78 is 0. The predicted molar refractivity (Wildman–Crippen MR) is 50.9 cm³/mol. The fourth-order valence-corrected chi connectivity index (χ4v) is 1.41. The highest BCUT2D eigenvalue weighted by Crippen LogP contribution is 2.09. The maximum absolute atomic E-state index is 11.3. The minimum absolute atomic E-state index is 0.106. The molecular formula is C9H16N2O3. The first kappa shape index (κ1) is 11.0. The van der Waals surface area contributed by atoms with Crippen LogP contribution in [0.1, 0.15) is 26.7 Å². The second-order valence-corrected chi connectivity index (χ2v) is 4.06. The highest BCUT2D eigenvalue weighted by atomic mass is 16.4. The van der Waals surface area contributed by atoms with Crippen LogP contribution in [0.3, 0.4) is 0 Å². The lowest BCUT2D eigenvalue weighted by Crippen LogP contribution is -2.58. The Balaban J connectivity index is 2.58. The molecule has 1 aliphatic heterocycles. The van der Waals surface area contributed by atoms with Crippen molar-refractivity contribution in [1.82, 2.24) is 10.6 Å². The van der Waals surface area contributed by atoms with Gasteiger partial charge in [-0.1, -0.05) is 0 Å². The van der Waals surface area contributed by atoms with Crippen LogP contribution in [-0.4, -0.2) is 35.1 Å². The maximum Gasteiger partial charge on any atom is 0.323 e. The van der Waals surface area contributed by atoms with Gasteiger partial charge < -0.3 is 10.4 Å². The number of nitrogens with one attached hydrogen (secondary N) is 2. The van der Waals surface area contributed by atoms with Crippen molar-refractivity contribution < 1.29 is 14.7 Å². The molecule has 1 unspecified atom stereocenters. The molecule has 1 amide bonds. The lowest BCUT2D eigenvalue weighted by molar-refractivity contribution is -0.144. The molecule has 5 heteroatoms. The summed E-state index contributed by atoms with van der Waals surface area (Å²) in [6.07, 6.45) is 1.58. The van der Waals surface area contributed by atoms with E-state index >= 15 is 0 Å². The number of amides is 1. The van der Waals surface area contributed by atoms with Gasteiger partial charge in [0.1, 0.15) is 5.54 Å². The van der Waals surface area contributed by atoms with E-state index in [2.05, 4.69) is 10.6 Å². The zero-order valence-electron chi connectivity index (χ0n) is 8.46. The molecule has 3 N–H and O–H groups in total. The Hall–Kier alpha value is -1.10. The molecule has 1 atom stereocenters. The molecule has 1 heterocycles. The Bertz CT molecular complexity index is 250. The standard InChI is InChI=1S/C9H16N2O3/c1-9(2,8(13)14)11-6-4-3-5-10-7(6)12/h6,11H,3-5H2,1-2H3,(H,10,12)(H,13,14). The van der Waals surface area contributed by atoms with Gasteiger partial charge in [0.2, 0.25) is 5.91 Å². The number of carboxylic acid groups (broad SMARTS) is 1. The third kappa shape index (κ3) is 2.45. The molecule has 0 saturated carbocycles. The molecule has 80 valence electrons. The van der Waals surface area contributed by atoms with Crippen molar-refractivity contribution >= 4 is 11.9 Å². The van der Waals surface area contributed by atoms with E-state index in [-0.39, 0.29) is 11.9 Å². The smallest absolute Gasteiger partial charge is 0.323 e. The van der Waals surface area contributed by atoms with Gasteiger partial charge in [-0.2, -0.15) is 0 Å². The third-order valence-electron chi connectivity index (χ3n) is 2.36. The van der Waals surface area contributed by atoms with Crippen molar-refractivity contribution in [3.05, 3.63) is 0 Å². The van der Waals surface area contributed by atoms with Crippen LogP contribution < -0.4 is 10.6 Å². The van der Waals surface area contributed by atoms with E-state index in [1.54, 1.807) is 13.8 Å². The van der Waals surface area contributed by atoms with Gasteiger partial charge in [0.05, 0.1) is 6.04 Å². The van der Waals surface area contributed by atoms with Gasteiger partial charge in [-0.05, 0) is 26.7 Å². The molecule has 1 fully saturated rings. The van der Waals surface area contributed by atoms with Crippen molar-refractivity contribution in [2.45, 2.75) is 38.3 Å². The molecule has 0 bridgehead atoms. The number of carbonyl (C=O) groups is 2. The van der Waals surface area contributed by atoms with Gasteiger partial charge in [0.15, 0.2) is 0 Å². The van der Waals surface area contributed by atoms with Gasteiger partial charge >= 0.3 is 5.97 Å². The van der Waals surface area contributed by atoms with Crippen molar-refractivity contribution in [2.75, 3.05) is 6.54 Å². The van der Waals surface area contributed by atoms with Gasteiger partial charge in [0.25, 0.3) is 0 Å². The first-order chi connectivity index (χ1) is 6.43. The summed E-state index contributed by atoms with van der Waals surface area (Å²) in [5.41, 5.74) is -1.06. The summed E-state index contributed by atoms with van der Waals surface area (Å²) >= 11 is 0. The average molecular weight is 200 g/mol. The Labute approximate surface area is 82.9 Å². The summed E-state index contributed by atoms with van der Waals surface area (Å²) in [5.74, 6) is -1.05. The molecule has 0 aromatic rings. The molecule has 1 rings (SSSR count). The van der Waals surface area contributed by atoms with Crippen molar-refractivity contribution in [3.8, 4) is 0 Å². The Morgan fingerprint density at radius 3 is 2.79 bits per heavy atom. The van der Waals surface area contributed by atoms with Gasteiger partial charge in [-0.3, -0.25) is 14.9 Å². The molecule has 0 aromatic carbocycles. The highest BCUT2D eigenvalue weighted by molar-refractivity contribution is 5.84. The van der Waals surface area contributed by atoms with Crippen LogP contribution in [0.4, 0.5) is 0 Å². The van der Waals surface area contributed by atoms with Crippen LogP contribution in [0, 0.1) is 0 Å². The van der Waals surface area contributed by atoms with E-state index < -0.39 is 11.5 Å². The first-order valence-corrected chi connectivity index (χ1v) is 4.72. The normalized spacial score (nSPS) is 23.0. The topological polar surface area (TPSA) is 78.4 Å². The lowest BCUT2D eigenvalue weighted by atomic mass is 10.00. The molecule has 1 aliphatic rings. The monoisotopic (exact) mass is 200 g/mol. The molecule has 0 aromatic heterocycles. The lowest BCUT2D eigenvalue weighted by Gasteiger charge is -2.30. The largest absolute Gasteiger partial charge is 0.480 e. The van der Waals surface area contributed by atoms with Crippen LogP contribution in [0.25, 0.3) is 0 Å². The highest BCUT2D eigenvalue weighted by Gasteiger charge is 2.33. The van der Waals surface area contributed by atoms with Crippen molar-refractivity contribution in [2.24, 2.45) is 0 Å². The van der Waals surface area contributed by atoms with Gasteiger partial charge in [-0.25, -0.2) is 0 Å². The first-order valence-electron chi connectivity index (χ1n) is 4.72. The SMILES string of the molecule is CC(C)(NC1CCCNC1=O)C(=O)O. The average Bonchev–Trinajstić information content (AvgIpc) is 2.08. The minimum atomic E-state index is -1.06. The fourth-order valence-electron chi connectivity index (χ4n) is 1.41. The number of carboxylic acids is 1. The number of piperidine rings is 1. The van der Waals surface area contributed by atoms with Crippen LogP contribution in [0.5, 0.6) is 0 Å². The summed E-state index contributed by atoms with van der Waals surface area (Å²) in [4.78, 5) is 22.1. The zero-order valence-corrected chi connectivity index (χ0v) is 8.46. The summed E-state index contributed by atoms with van der Waals surface area (Å²) in [6.45, 7) is 3.79. The Kier molecular flexibility index (Phi) is 3.10. The van der Waals surface area contributed by atoms with E-state index in [0.29, 0.717) is 13.0 Å². The Morgan fingerprint density at radius 2 is 2.29 bits per heavy atom. The van der Waals surface area contributed by atoms with Crippen molar-refractivity contribution in [3.63, 3.8) is 0 Å². The summed E-state index contributed by atoms with van der Waals surface area (Å²) in [5, 5.41) is 14.4. The van der Waals surface area contributed by atoms with Gasteiger partial charge in [0, 0.05) is 6.54 Å². The summed E-state index contributed by atoms with van der Waals surface area (Å²) in [7, 11) is 0. The van der Waals surface area contributed by atoms with E-state index in [1.165, 1.54) is 0 Å². The van der Waals surface area contributed by atoms with Gasteiger partial charge in [-0.15, -0.1) is 0 Å². The van der Waals surface area contributed by atoms with E-state index in [4.69, 9.17) is 5.11 Å². The maximum atomic E-state index is 11.3. The molecule has 5 nitrogen and oxygen atoms in total. The van der Waals surface area contributed by atoms with Crippen molar-refractivity contribution in [1.29, 1.82) is 0 Å². The molecule has 14 heavy (non-hydrogen) atoms. The van der Waals surface area contributed by atoms with E-state index in [1.807, 2.05) is 0 Å². The molecule has 1 saturated heterocycles. The van der Waals surface area contributed by atoms with E-state index in [9.17, 15) is 9.59 Å². The summed E-state index contributed by atoms with van der Waals surface area (Å²) in [6, 6.07) is -0.380. The quantitative estimate of drug-likeness (QED) is 0.585. The number of carbonyl (C=O) groups excluding carboxylic acids is 1. The molecule has 0 aliphatic carbocycles. The second kappa shape index (κ2) is 3.96. The number of hydrogen-bond donors (Lipinski definition) is 3. The number of aliphatic carboxylic acids is 1. The van der Waals surface area contributed by atoms with Crippen LogP contribution in [0.15, 0.2) is 0 Å². The molecule has 0 radical (unpaired) electrons. The molecule has 0 spiro atoms. The van der Waals surface area contributed by atoms with E-state index in [0.717, 1.165) is 6.42 Å². The van der Waals surface area contributed by atoms with Crippen LogP contribution in [-0.2, 0) is 9.59 Å². The zero-order chi connectivity index (χ0) is 10.8. The molecular weight excluding hydrogens is 184 g/mol. The predicted octanol–water partition coefficient (Wildman–Crippen LogP) is -0.282. The number of rotatable bonds is 3. The minimum Gasteiger partial charge on any atom is -0.480 e. The fraction of sp³-hybridized carbons (Fsp3) is 0.778. The Morgan fingerprint density at radius 1 is 1.64 bits per heavy atom. The van der Waals surface area contributed by atoms with Crippen LogP contribution >= 0.6 is 0 Å². The van der Waals surface area contributed by atoms with Crippen LogP contribution in [0.2, 0.25) is 0 Å². The number of hydrogen-bond acceptors (Lipinski definition) is 3. The second-order valence-electron chi connectivity index (χ2n) is 4.06.